The quantitative estimate of drug-likeness (QED) is 0.849. The van der Waals surface area contributed by atoms with E-state index in [4.69, 9.17) is 22.1 Å². The Kier molecular flexibility index (Phi) is 6.19. The van der Waals surface area contributed by atoms with Gasteiger partial charge in [-0.15, -0.1) is 0 Å². The van der Waals surface area contributed by atoms with Crippen molar-refractivity contribution in [1.29, 1.82) is 0 Å². The van der Waals surface area contributed by atoms with Crippen molar-refractivity contribution in [3.63, 3.8) is 0 Å². The minimum absolute atomic E-state index is 0.321. The van der Waals surface area contributed by atoms with E-state index in [9.17, 15) is 4.39 Å². The van der Waals surface area contributed by atoms with Gasteiger partial charge in [0.05, 0.1) is 11.6 Å². The molecule has 0 radical (unpaired) electrons. The lowest BCUT2D eigenvalue weighted by Gasteiger charge is -2.07. The SMILES string of the molecule is COC/C(=C/c1c(F)cccc1Cl)CCCN. The van der Waals surface area contributed by atoms with Crippen molar-refractivity contribution in [2.24, 2.45) is 5.73 Å². The molecule has 0 saturated carbocycles. The molecule has 0 saturated heterocycles. The van der Waals surface area contributed by atoms with Crippen LogP contribution in [0.25, 0.3) is 6.08 Å². The van der Waals surface area contributed by atoms with Crippen LogP contribution in [0.2, 0.25) is 5.02 Å². The second-order valence-corrected chi connectivity index (χ2v) is 4.17. The van der Waals surface area contributed by atoms with Crippen molar-refractivity contribution in [3.05, 3.63) is 40.2 Å². The van der Waals surface area contributed by atoms with Gasteiger partial charge in [0.15, 0.2) is 0 Å². The van der Waals surface area contributed by atoms with Crippen LogP contribution in [-0.2, 0) is 4.74 Å². The summed E-state index contributed by atoms with van der Waals surface area (Å²) in [5.74, 6) is -0.321. The maximum atomic E-state index is 13.6. The number of ether oxygens (including phenoxy) is 1. The summed E-state index contributed by atoms with van der Waals surface area (Å²) in [5.41, 5.74) is 6.86. The van der Waals surface area contributed by atoms with Gasteiger partial charge in [-0.2, -0.15) is 0 Å². The number of halogens is 2. The van der Waals surface area contributed by atoms with Gasteiger partial charge >= 0.3 is 0 Å². The van der Waals surface area contributed by atoms with E-state index in [1.54, 1.807) is 25.3 Å². The minimum Gasteiger partial charge on any atom is -0.380 e. The van der Waals surface area contributed by atoms with E-state index in [0.29, 0.717) is 23.7 Å². The largest absolute Gasteiger partial charge is 0.380 e. The molecular formula is C13H17ClFNO. The number of nitrogens with two attached hydrogens (primary N) is 1. The molecule has 4 heteroatoms. The fourth-order valence-electron chi connectivity index (χ4n) is 1.55. The highest BCUT2D eigenvalue weighted by atomic mass is 35.5. The zero-order valence-corrected chi connectivity index (χ0v) is 10.6. The summed E-state index contributed by atoms with van der Waals surface area (Å²) < 4.78 is 18.7. The Balaban J connectivity index is 2.94. The summed E-state index contributed by atoms with van der Waals surface area (Å²) in [7, 11) is 1.61. The Labute approximate surface area is 106 Å². The number of hydrogen-bond acceptors (Lipinski definition) is 2. The van der Waals surface area contributed by atoms with Crippen molar-refractivity contribution < 1.29 is 9.13 Å². The fraction of sp³-hybridized carbons (Fsp3) is 0.385. The highest BCUT2D eigenvalue weighted by molar-refractivity contribution is 6.32. The Morgan fingerprint density at radius 3 is 2.88 bits per heavy atom. The molecule has 2 N–H and O–H groups in total. The second-order valence-electron chi connectivity index (χ2n) is 3.76. The number of methoxy groups -OCH3 is 1. The molecule has 0 unspecified atom stereocenters. The van der Waals surface area contributed by atoms with Gasteiger partial charge in [0.25, 0.3) is 0 Å². The number of hydrogen-bond donors (Lipinski definition) is 1. The van der Waals surface area contributed by atoms with E-state index in [-0.39, 0.29) is 5.82 Å². The molecule has 0 amide bonds. The molecule has 0 spiro atoms. The second kappa shape index (κ2) is 7.43. The van der Waals surface area contributed by atoms with Crippen molar-refractivity contribution in [3.8, 4) is 0 Å². The zero-order chi connectivity index (χ0) is 12.7. The molecule has 1 aromatic rings. The molecule has 0 heterocycles. The lowest BCUT2D eigenvalue weighted by Crippen LogP contribution is -2.02. The molecule has 0 fully saturated rings. The summed E-state index contributed by atoms with van der Waals surface area (Å²) in [6, 6.07) is 4.65. The van der Waals surface area contributed by atoms with Crippen LogP contribution in [0, 0.1) is 5.82 Å². The van der Waals surface area contributed by atoms with Crippen molar-refractivity contribution in [1.82, 2.24) is 0 Å². The standard InChI is InChI=1S/C13H17ClFNO/c1-17-9-10(4-3-7-16)8-11-12(14)5-2-6-13(11)15/h2,5-6,8H,3-4,7,9,16H2,1H3/b10-8+. The predicted molar refractivity (Wildman–Crippen MR) is 69.6 cm³/mol. The Bertz CT molecular complexity index is 373. The molecule has 2 nitrogen and oxygen atoms in total. The van der Waals surface area contributed by atoms with Gasteiger partial charge in [0.2, 0.25) is 0 Å². The van der Waals surface area contributed by atoms with Crippen LogP contribution in [0.3, 0.4) is 0 Å². The Hall–Kier alpha value is -0.900. The first-order chi connectivity index (χ1) is 8.19. The highest BCUT2D eigenvalue weighted by Crippen LogP contribution is 2.23. The minimum atomic E-state index is -0.321. The van der Waals surface area contributed by atoms with Crippen LogP contribution < -0.4 is 5.73 Å². The van der Waals surface area contributed by atoms with E-state index in [2.05, 4.69) is 0 Å². The van der Waals surface area contributed by atoms with Gasteiger partial charge in [-0.25, -0.2) is 4.39 Å². The van der Waals surface area contributed by atoms with E-state index in [0.717, 1.165) is 18.4 Å². The normalized spacial score (nSPS) is 11.9. The van der Waals surface area contributed by atoms with Crippen LogP contribution in [-0.4, -0.2) is 20.3 Å². The molecule has 94 valence electrons. The first-order valence-corrected chi connectivity index (χ1v) is 5.89. The molecule has 0 aliphatic rings. The average Bonchev–Trinajstić information content (AvgIpc) is 2.31. The van der Waals surface area contributed by atoms with Gasteiger partial charge in [-0.3, -0.25) is 0 Å². The topological polar surface area (TPSA) is 35.2 Å². The molecule has 1 rings (SSSR count). The van der Waals surface area contributed by atoms with Gasteiger partial charge in [-0.1, -0.05) is 17.7 Å². The summed E-state index contributed by atoms with van der Waals surface area (Å²) in [6.45, 7) is 1.07. The van der Waals surface area contributed by atoms with Gasteiger partial charge in [0, 0.05) is 12.7 Å². The van der Waals surface area contributed by atoms with Crippen molar-refractivity contribution in [2.45, 2.75) is 12.8 Å². The maximum absolute atomic E-state index is 13.6. The summed E-state index contributed by atoms with van der Waals surface area (Å²) in [6.07, 6.45) is 3.38. The lowest BCUT2D eigenvalue weighted by atomic mass is 10.1. The van der Waals surface area contributed by atoms with Crippen LogP contribution in [0.15, 0.2) is 23.8 Å². The summed E-state index contributed by atoms with van der Waals surface area (Å²) in [4.78, 5) is 0. The highest BCUT2D eigenvalue weighted by Gasteiger charge is 2.06. The monoisotopic (exact) mass is 257 g/mol. The summed E-state index contributed by atoms with van der Waals surface area (Å²) >= 11 is 5.96. The third kappa shape index (κ3) is 4.46. The smallest absolute Gasteiger partial charge is 0.131 e. The third-order valence-electron chi connectivity index (χ3n) is 2.38. The molecular weight excluding hydrogens is 241 g/mol. The van der Waals surface area contributed by atoms with Crippen LogP contribution in [0.1, 0.15) is 18.4 Å². The molecule has 0 aromatic heterocycles. The van der Waals surface area contributed by atoms with Crippen LogP contribution >= 0.6 is 11.6 Å². The van der Waals surface area contributed by atoms with Crippen LogP contribution in [0.4, 0.5) is 4.39 Å². The molecule has 1 aromatic carbocycles. The van der Waals surface area contributed by atoms with E-state index in [1.165, 1.54) is 6.07 Å². The zero-order valence-electron chi connectivity index (χ0n) is 9.88. The first kappa shape index (κ1) is 14.2. The number of benzene rings is 1. The van der Waals surface area contributed by atoms with Crippen molar-refractivity contribution >= 4 is 17.7 Å². The molecule has 17 heavy (non-hydrogen) atoms. The van der Waals surface area contributed by atoms with E-state index in [1.807, 2.05) is 0 Å². The van der Waals surface area contributed by atoms with Gasteiger partial charge < -0.3 is 10.5 Å². The van der Waals surface area contributed by atoms with E-state index >= 15 is 0 Å². The average molecular weight is 258 g/mol. The van der Waals surface area contributed by atoms with Gasteiger partial charge in [0.1, 0.15) is 5.82 Å². The number of rotatable bonds is 6. The first-order valence-electron chi connectivity index (χ1n) is 5.51. The third-order valence-corrected chi connectivity index (χ3v) is 2.71. The van der Waals surface area contributed by atoms with Gasteiger partial charge in [-0.05, 0) is 43.2 Å². The molecule has 0 bridgehead atoms. The van der Waals surface area contributed by atoms with Crippen LogP contribution in [0.5, 0.6) is 0 Å². The van der Waals surface area contributed by atoms with Crippen molar-refractivity contribution in [2.75, 3.05) is 20.3 Å². The Morgan fingerprint density at radius 1 is 1.53 bits per heavy atom. The predicted octanol–water partition coefficient (Wildman–Crippen LogP) is 3.25. The molecule has 0 aliphatic carbocycles. The Morgan fingerprint density at radius 2 is 2.29 bits per heavy atom. The van der Waals surface area contributed by atoms with E-state index < -0.39 is 0 Å². The maximum Gasteiger partial charge on any atom is 0.131 e. The summed E-state index contributed by atoms with van der Waals surface area (Å²) in [5, 5.41) is 0.409. The fourth-order valence-corrected chi connectivity index (χ4v) is 1.77. The molecule has 0 aliphatic heterocycles. The lowest BCUT2D eigenvalue weighted by molar-refractivity contribution is 0.223. The molecule has 0 atom stereocenters.